The van der Waals surface area contributed by atoms with Crippen LogP contribution in [-0.4, -0.2) is 9.13 Å². The third kappa shape index (κ3) is 4.33. The zero-order valence-electron chi connectivity index (χ0n) is 29.7. The van der Waals surface area contributed by atoms with E-state index in [0.717, 1.165) is 0 Å². The maximum Gasteiger partial charge on any atom is 0.0588 e. The Labute approximate surface area is 308 Å². The van der Waals surface area contributed by atoms with Gasteiger partial charge in [0.2, 0.25) is 0 Å². The average Bonchev–Trinajstić information content (AvgIpc) is 3.81. The lowest BCUT2D eigenvalue weighted by Crippen LogP contribution is -2.16. The molecule has 2 heteroatoms. The van der Waals surface area contributed by atoms with Gasteiger partial charge in [0.05, 0.1) is 22.1 Å². The Morgan fingerprint density at radius 1 is 0.358 bits per heavy atom. The molecule has 0 N–H and O–H groups in total. The molecule has 0 spiro atoms. The van der Waals surface area contributed by atoms with E-state index < -0.39 is 0 Å². The number of fused-ring (bicyclic) bond motifs is 10. The fraction of sp³-hybridized carbons (Fsp3) is 0.0588. The lowest BCUT2D eigenvalue weighted by molar-refractivity contribution is 0.664. The Kier molecular flexibility index (Phi) is 6.33. The molecular formula is C51H36N2. The maximum absolute atomic E-state index is 2.52. The first kappa shape index (κ1) is 30.0. The van der Waals surface area contributed by atoms with Crippen LogP contribution in [0.5, 0.6) is 0 Å². The fourth-order valence-electron chi connectivity index (χ4n) is 9.25. The van der Waals surface area contributed by atoms with Gasteiger partial charge in [-0.05, 0) is 99.1 Å². The third-order valence-electron chi connectivity index (χ3n) is 11.7. The third-order valence-corrected chi connectivity index (χ3v) is 11.7. The van der Waals surface area contributed by atoms with Crippen molar-refractivity contribution in [3.8, 4) is 44.8 Å². The molecule has 0 aliphatic heterocycles. The van der Waals surface area contributed by atoms with E-state index >= 15 is 0 Å². The molecule has 1 aliphatic carbocycles. The SMILES string of the molecule is CC1(C)c2ccccc2-c2ccc3c4cc(-c5ccc6c(c5)c5ccccc5n6-c5ccccc5)ccc4n(-c4ccc(-c5ccccc5)cc4)c3c21. The lowest BCUT2D eigenvalue weighted by atomic mass is 9.81. The van der Waals surface area contributed by atoms with Gasteiger partial charge in [0, 0.05) is 38.3 Å². The molecule has 10 aromatic rings. The Hall–Kier alpha value is -6.64. The highest BCUT2D eigenvalue weighted by atomic mass is 15.0. The quantitative estimate of drug-likeness (QED) is 0.176. The van der Waals surface area contributed by atoms with Crippen molar-refractivity contribution < 1.29 is 0 Å². The van der Waals surface area contributed by atoms with E-state index in [-0.39, 0.29) is 5.41 Å². The number of benzene rings is 8. The van der Waals surface area contributed by atoms with Gasteiger partial charge in [-0.1, -0.05) is 141 Å². The minimum absolute atomic E-state index is 0.150. The van der Waals surface area contributed by atoms with E-state index in [1.54, 1.807) is 0 Å². The molecule has 11 rings (SSSR count). The van der Waals surface area contributed by atoms with E-state index in [0.29, 0.717) is 0 Å². The molecule has 250 valence electrons. The first-order valence-corrected chi connectivity index (χ1v) is 18.5. The summed E-state index contributed by atoms with van der Waals surface area (Å²) in [7, 11) is 0. The molecule has 0 saturated heterocycles. The highest BCUT2D eigenvalue weighted by Crippen LogP contribution is 2.53. The van der Waals surface area contributed by atoms with Crippen LogP contribution in [0.2, 0.25) is 0 Å². The second kappa shape index (κ2) is 11.2. The Bertz CT molecular complexity index is 3050. The van der Waals surface area contributed by atoms with Crippen LogP contribution < -0.4 is 0 Å². The van der Waals surface area contributed by atoms with Crippen LogP contribution in [0.25, 0.3) is 88.4 Å². The van der Waals surface area contributed by atoms with Gasteiger partial charge in [0.15, 0.2) is 0 Å². The zero-order chi connectivity index (χ0) is 35.3. The van der Waals surface area contributed by atoms with Gasteiger partial charge in [-0.15, -0.1) is 0 Å². The van der Waals surface area contributed by atoms with Crippen LogP contribution in [0.1, 0.15) is 25.0 Å². The van der Waals surface area contributed by atoms with Gasteiger partial charge in [0.25, 0.3) is 0 Å². The van der Waals surface area contributed by atoms with Crippen LogP contribution in [0.4, 0.5) is 0 Å². The number of para-hydroxylation sites is 2. The molecule has 0 atom stereocenters. The van der Waals surface area contributed by atoms with Gasteiger partial charge >= 0.3 is 0 Å². The van der Waals surface area contributed by atoms with Crippen molar-refractivity contribution in [1.29, 1.82) is 0 Å². The minimum Gasteiger partial charge on any atom is -0.309 e. The molecule has 0 saturated carbocycles. The van der Waals surface area contributed by atoms with Gasteiger partial charge in [-0.25, -0.2) is 0 Å². The highest BCUT2D eigenvalue weighted by molar-refractivity contribution is 6.15. The monoisotopic (exact) mass is 676 g/mol. The van der Waals surface area contributed by atoms with Gasteiger partial charge < -0.3 is 9.13 Å². The smallest absolute Gasteiger partial charge is 0.0588 e. The summed E-state index contributed by atoms with van der Waals surface area (Å²) < 4.78 is 4.90. The molecule has 0 amide bonds. The molecule has 0 fully saturated rings. The van der Waals surface area contributed by atoms with Crippen LogP contribution in [0, 0.1) is 0 Å². The van der Waals surface area contributed by atoms with E-state index in [2.05, 4.69) is 205 Å². The summed E-state index contributed by atoms with van der Waals surface area (Å²) in [6, 6.07) is 67.0. The first-order valence-electron chi connectivity index (χ1n) is 18.5. The van der Waals surface area contributed by atoms with Crippen LogP contribution in [0.15, 0.2) is 182 Å². The molecule has 0 unspecified atom stereocenters. The summed E-state index contributed by atoms with van der Waals surface area (Å²) in [5.74, 6) is 0. The molecule has 2 heterocycles. The molecule has 53 heavy (non-hydrogen) atoms. The van der Waals surface area contributed by atoms with E-state index in [9.17, 15) is 0 Å². The molecule has 0 radical (unpaired) electrons. The Morgan fingerprint density at radius 3 is 1.66 bits per heavy atom. The number of nitrogens with zero attached hydrogens (tertiary/aromatic N) is 2. The predicted molar refractivity (Wildman–Crippen MR) is 224 cm³/mol. The minimum atomic E-state index is -0.150. The summed E-state index contributed by atoms with van der Waals surface area (Å²) in [5.41, 5.74) is 17.5. The largest absolute Gasteiger partial charge is 0.309 e. The second-order valence-electron chi connectivity index (χ2n) is 15.0. The van der Waals surface area contributed by atoms with Crippen LogP contribution in [-0.2, 0) is 5.41 Å². The Morgan fingerprint density at radius 2 is 0.906 bits per heavy atom. The number of aromatic nitrogens is 2. The Balaban J connectivity index is 1.15. The zero-order valence-corrected chi connectivity index (χ0v) is 29.7. The molecule has 8 aromatic carbocycles. The lowest BCUT2D eigenvalue weighted by Gasteiger charge is -2.23. The summed E-state index contributed by atoms with van der Waals surface area (Å²) in [4.78, 5) is 0. The van der Waals surface area contributed by atoms with Crippen LogP contribution >= 0.6 is 0 Å². The standard InChI is InChI=1S/C51H36N2/c1-51(2)45-19-11-9-17-39(45)41-27-28-42-44-32-36(35-23-29-47-43(31-35)40-18-10-12-20-46(40)52(47)37-15-7-4-8-16-37)24-30-48(44)53(50(42)49(41)51)38-25-21-34(22-26-38)33-13-5-3-6-14-33/h3-32H,1-2H3. The van der Waals surface area contributed by atoms with Gasteiger partial charge in [-0.3, -0.25) is 0 Å². The first-order chi connectivity index (χ1) is 26.1. The second-order valence-corrected chi connectivity index (χ2v) is 15.0. The van der Waals surface area contributed by atoms with E-state index in [1.807, 2.05) is 0 Å². The van der Waals surface area contributed by atoms with Crippen LogP contribution in [0.3, 0.4) is 0 Å². The van der Waals surface area contributed by atoms with Gasteiger partial charge in [-0.2, -0.15) is 0 Å². The van der Waals surface area contributed by atoms with E-state index in [1.165, 1.54) is 99.5 Å². The summed E-state index contributed by atoms with van der Waals surface area (Å²) >= 11 is 0. The van der Waals surface area contributed by atoms with E-state index in [4.69, 9.17) is 0 Å². The topological polar surface area (TPSA) is 9.86 Å². The molecule has 2 nitrogen and oxygen atoms in total. The summed E-state index contributed by atoms with van der Waals surface area (Å²) in [5, 5.41) is 5.09. The van der Waals surface area contributed by atoms with Gasteiger partial charge in [0.1, 0.15) is 0 Å². The highest BCUT2D eigenvalue weighted by Gasteiger charge is 2.38. The summed E-state index contributed by atoms with van der Waals surface area (Å²) in [6.07, 6.45) is 0. The average molecular weight is 677 g/mol. The molecular weight excluding hydrogens is 641 g/mol. The van der Waals surface area contributed by atoms with Crippen molar-refractivity contribution >= 4 is 43.6 Å². The van der Waals surface area contributed by atoms with Crippen molar-refractivity contribution in [2.24, 2.45) is 0 Å². The number of rotatable bonds is 4. The van der Waals surface area contributed by atoms with Crippen molar-refractivity contribution in [2.75, 3.05) is 0 Å². The number of hydrogen-bond donors (Lipinski definition) is 0. The maximum atomic E-state index is 2.52. The van der Waals surface area contributed by atoms with Crippen molar-refractivity contribution in [3.63, 3.8) is 0 Å². The predicted octanol–water partition coefficient (Wildman–Crippen LogP) is 13.5. The molecule has 1 aliphatic rings. The van der Waals surface area contributed by atoms with Crippen molar-refractivity contribution in [2.45, 2.75) is 19.3 Å². The number of hydrogen-bond acceptors (Lipinski definition) is 0. The molecule has 2 aromatic heterocycles. The molecule has 0 bridgehead atoms. The van der Waals surface area contributed by atoms with Crippen molar-refractivity contribution in [3.05, 3.63) is 193 Å². The van der Waals surface area contributed by atoms with Crippen molar-refractivity contribution in [1.82, 2.24) is 9.13 Å². The summed E-state index contributed by atoms with van der Waals surface area (Å²) in [6.45, 7) is 4.79. The normalized spacial score (nSPS) is 13.2. The fourth-order valence-corrected chi connectivity index (χ4v) is 9.25.